The fourth-order valence-corrected chi connectivity index (χ4v) is 3.67. The number of nitrogens with one attached hydrogen (secondary N) is 1. The minimum absolute atomic E-state index is 0.104. The molecule has 1 fully saturated rings. The Kier molecular flexibility index (Phi) is 4.65. The topological polar surface area (TPSA) is 85.2 Å². The van der Waals surface area contributed by atoms with Crippen molar-refractivity contribution in [2.45, 2.75) is 44.6 Å². The van der Waals surface area contributed by atoms with Crippen LogP contribution in [0.5, 0.6) is 0 Å². The van der Waals surface area contributed by atoms with Crippen molar-refractivity contribution in [3.63, 3.8) is 0 Å². The van der Waals surface area contributed by atoms with Crippen molar-refractivity contribution in [1.29, 1.82) is 5.26 Å². The largest absolute Gasteiger partial charge is 0.346 e. The van der Waals surface area contributed by atoms with Gasteiger partial charge in [-0.3, -0.25) is 4.79 Å². The molecule has 4 rings (SSSR count). The third-order valence-corrected chi connectivity index (χ3v) is 5.92. The van der Waals surface area contributed by atoms with E-state index in [4.69, 9.17) is 4.98 Å². The summed E-state index contributed by atoms with van der Waals surface area (Å²) in [6.07, 6.45) is 4.99. The summed E-state index contributed by atoms with van der Waals surface area (Å²) >= 11 is 0. The minimum atomic E-state index is -0.531. The Morgan fingerprint density at radius 3 is 2.55 bits per heavy atom. The van der Waals surface area contributed by atoms with Crippen molar-refractivity contribution in [3.8, 4) is 6.07 Å². The van der Waals surface area contributed by atoms with Gasteiger partial charge < -0.3 is 15.1 Å². The van der Waals surface area contributed by atoms with Gasteiger partial charge in [-0.15, -0.1) is 0 Å². The highest BCUT2D eigenvalue weighted by molar-refractivity contribution is 6.04. The molecular formula is C22H26N6O. The van der Waals surface area contributed by atoms with E-state index in [-0.39, 0.29) is 11.9 Å². The van der Waals surface area contributed by atoms with Gasteiger partial charge in [0.2, 0.25) is 11.9 Å². The van der Waals surface area contributed by atoms with Crippen molar-refractivity contribution >= 4 is 29.0 Å². The molecular weight excluding hydrogens is 364 g/mol. The highest BCUT2D eigenvalue weighted by Gasteiger charge is 2.39. The molecule has 0 bridgehead atoms. The first-order valence-electron chi connectivity index (χ1n) is 9.96. The predicted molar refractivity (Wildman–Crippen MR) is 113 cm³/mol. The lowest BCUT2D eigenvalue weighted by Crippen LogP contribution is -2.51. The number of fused-ring (bicyclic) bond motifs is 1. The van der Waals surface area contributed by atoms with E-state index in [1.165, 1.54) is 12.8 Å². The molecule has 29 heavy (non-hydrogen) atoms. The normalized spacial score (nSPS) is 19.0. The molecule has 2 aromatic rings. The van der Waals surface area contributed by atoms with E-state index >= 15 is 0 Å². The Labute approximate surface area is 171 Å². The van der Waals surface area contributed by atoms with Gasteiger partial charge in [0.25, 0.3) is 0 Å². The Morgan fingerprint density at radius 1 is 1.24 bits per heavy atom. The second-order valence-electron chi connectivity index (χ2n) is 8.54. The van der Waals surface area contributed by atoms with Crippen molar-refractivity contribution in [2.75, 3.05) is 29.2 Å². The van der Waals surface area contributed by atoms with Crippen molar-refractivity contribution in [1.82, 2.24) is 9.97 Å². The molecule has 150 valence electrons. The molecule has 1 N–H and O–H groups in total. The summed E-state index contributed by atoms with van der Waals surface area (Å²) in [5.41, 5.74) is 2.00. The Bertz CT molecular complexity index is 974. The van der Waals surface area contributed by atoms with E-state index < -0.39 is 5.41 Å². The SMILES string of the molecule is CN1C(=O)C(CC2CC2)N(C)c2nc(Nc3ccc(C(C)(C)C#N)cc3)ncc21. The second kappa shape index (κ2) is 7.03. The van der Waals surface area contributed by atoms with Gasteiger partial charge in [0.15, 0.2) is 5.82 Å². The summed E-state index contributed by atoms with van der Waals surface area (Å²) in [5, 5.41) is 12.5. The number of aromatic nitrogens is 2. The molecule has 1 aromatic carbocycles. The molecule has 2 aliphatic rings. The molecule has 0 spiro atoms. The monoisotopic (exact) mass is 390 g/mol. The third kappa shape index (κ3) is 3.63. The first-order chi connectivity index (χ1) is 13.8. The smallest absolute Gasteiger partial charge is 0.249 e. The van der Waals surface area contributed by atoms with Crippen LogP contribution in [0.1, 0.15) is 38.7 Å². The Balaban J connectivity index is 1.57. The highest BCUT2D eigenvalue weighted by Crippen LogP contribution is 2.40. The van der Waals surface area contributed by atoms with Gasteiger partial charge in [-0.1, -0.05) is 25.0 Å². The van der Waals surface area contributed by atoms with Crippen LogP contribution in [0.2, 0.25) is 0 Å². The van der Waals surface area contributed by atoms with Crippen LogP contribution in [0.15, 0.2) is 30.5 Å². The summed E-state index contributed by atoms with van der Waals surface area (Å²) in [7, 11) is 3.73. The van der Waals surface area contributed by atoms with Crippen LogP contribution in [0.3, 0.4) is 0 Å². The molecule has 1 aromatic heterocycles. The molecule has 7 heteroatoms. The number of benzene rings is 1. The van der Waals surface area contributed by atoms with Crippen LogP contribution in [-0.2, 0) is 10.2 Å². The van der Waals surface area contributed by atoms with Gasteiger partial charge >= 0.3 is 0 Å². The summed E-state index contributed by atoms with van der Waals surface area (Å²) in [6.45, 7) is 3.79. The number of hydrogen-bond acceptors (Lipinski definition) is 6. The molecule has 1 atom stereocenters. The maximum atomic E-state index is 12.8. The number of likely N-dealkylation sites (N-methyl/N-ethyl adjacent to an activating group) is 2. The molecule has 2 heterocycles. The van der Waals surface area contributed by atoms with E-state index in [0.717, 1.165) is 29.2 Å². The van der Waals surface area contributed by atoms with Gasteiger partial charge in [-0.05, 0) is 43.9 Å². The number of carbonyl (C=O) groups is 1. The Morgan fingerprint density at radius 2 is 1.93 bits per heavy atom. The quantitative estimate of drug-likeness (QED) is 0.840. The fraction of sp³-hybridized carbons (Fsp3) is 0.455. The third-order valence-electron chi connectivity index (χ3n) is 5.92. The minimum Gasteiger partial charge on any atom is -0.346 e. The van der Waals surface area contributed by atoms with Crippen LogP contribution in [0.4, 0.5) is 23.1 Å². The van der Waals surface area contributed by atoms with E-state index in [2.05, 4.69) is 16.4 Å². The maximum Gasteiger partial charge on any atom is 0.249 e. The van der Waals surface area contributed by atoms with Gasteiger partial charge in [-0.25, -0.2) is 4.98 Å². The summed E-state index contributed by atoms with van der Waals surface area (Å²) < 4.78 is 0. The first-order valence-corrected chi connectivity index (χ1v) is 9.96. The standard InChI is InChI=1S/C22H26N6O/c1-22(2,13-23)15-7-9-16(10-8-15)25-21-24-12-18-19(26-21)27(3)17(11-14-5-6-14)20(29)28(18)4/h7-10,12,14,17H,5-6,11H2,1-4H3,(H,24,25,26). The second-order valence-corrected chi connectivity index (χ2v) is 8.54. The first kappa shape index (κ1) is 19.2. The number of nitriles is 1. The number of carbonyl (C=O) groups excluding carboxylic acids is 1. The predicted octanol–water partition coefficient (Wildman–Crippen LogP) is 3.60. The Hall–Kier alpha value is -3.14. The van der Waals surface area contributed by atoms with Crippen LogP contribution in [0, 0.1) is 17.2 Å². The van der Waals surface area contributed by atoms with Crippen LogP contribution in [-0.4, -0.2) is 36.0 Å². The lowest BCUT2D eigenvalue weighted by Gasteiger charge is -2.38. The summed E-state index contributed by atoms with van der Waals surface area (Å²) in [4.78, 5) is 25.5. The van der Waals surface area contributed by atoms with Gasteiger partial charge in [0.05, 0.1) is 17.7 Å². The van der Waals surface area contributed by atoms with E-state index in [0.29, 0.717) is 11.9 Å². The van der Waals surface area contributed by atoms with Crippen molar-refractivity contribution < 1.29 is 4.79 Å². The molecule has 1 saturated carbocycles. The zero-order chi connectivity index (χ0) is 20.8. The molecule has 1 aliphatic heterocycles. The summed E-state index contributed by atoms with van der Waals surface area (Å²) in [6, 6.07) is 9.87. The summed E-state index contributed by atoms with van der Waals surface area (Å²) in [5.74, 6) is 2.00. The van der Waals surface area contributed by atoms with Crippen molar-refractivity contribution in [3.05, 3.63) is 36.0 Å². The number of anilines is 4. The van der Waals surface area contributed by atoms with E-state index in [1.807, 2.05) is 50.1 Å². The van der Waals surface area contributed by atoms with Gasteiger partial charge in [-0.2, -0.15) is 10.2 Å². The van der Waals surface area contributed by atoms with Gasteiger partial charge in [0, 0.05) is 19.8 Å². The lowest BCUT2D eigenvalue weighted by molar-refractivity contribution is -0.120. The number of hydrogen-bond donors (Lipinski definition) is 1. The highest BCUT2D eigenvalue weighted by atomic mass is 16.2. The van der Waals surface area contributed by atoms with E-state index in [9.17, 15) is 10.1 Å². The average Bonchev–Trinajstić information content (AvgIpc) is 3.54. The molecule has 1 unspecified atom stereocenters. The van der Waals surface area contributed by atoms with Crippen LogP contribution >= 0.6 is 0 Å². The zero-order valence-corrected chi connectivity index (χ0v) is 17.3. The zero-order valence-electron chi connectivity index (χ0n) is 17.3. The van der Waals surface area contributed by atoms with Crippen LogP contribution < -0.4 is 15.1 Å². The van der Waals surface area contributed by atoms with Crippen LogP contribution in [0.25, 0.3) is 0 Å². The molecule has 7 nitrogen and oxygen atoms in total. The molecule has 0 radical (unpaired) electrons. The van der Waals surface area contributed by atoms with Crippen molar-refractivity contribution in [2.24, 2.45) is 5.92 Å². The average molecular weight is 390 g/mol. The molecule has 1 aliphatic carbocycles. The number of rotatable bonds is 5. The fourth-order valence-electron chi connectivity index (χ4n) is 3.67. The van der Waals surface area contributed by atoms with Gasteiger partial charge in [0.1, 0.15) is 11.7 Å². The number of amides is 1. The van der Waals surface area contributed by atoms with E-state index in [1.54, 1.807) is 18.1 Å². The maximum absolute atomic E-state index is 12.8. The molecule has 0 saturated heterocycles. The lowest BCUT2D eigenvalue weighted by atomic mass is 9.86. The number of nitrogens with zero attached hydrogens (tertiary/aromatic N) is 5. The molecule has 1 amide bonds.